The van der Waals surface area contributed by atoms with Crippen LogP contribution >= 0.6 is 0 Å². The van der Waals surface area contributed by atoms with Gasteiger partial charge in [-0.3, -0.25) is 4.68 Å². The number of ether oxygens (including phenoxy) is 1. The third kappa shape index (κ3) is 3.24. The van der Waals surface area contributed by atoms with Crippen molar-refractivity contribution in [1.29, 1.82) is 0 Å². The van der Waals surface area contributed by atoms with E-state index < -0.39 is 0 Å². The van der Waals surface area contributed by atoms with Crippen LogP contribution in [0.2, 0.25) is 0 Å². The van der Waals surface area contributed by atoms with E-state index in [0.29, 0.717) is 5.56 Å². The summed E-state index contributed by atoms with van der Waals surface area (Å²) >= 11 is 0. The lowest BCUT2D eigenvalue weighted by atomic mass is 10.0. The summed E-state index contributed by atoms with van der Waals surface area (Å²) in [4.78, 5) is 0. The summed E-state index contributed by atoms with van der Waals surface area (Å²) in [5.41, 5.74) is 2.43. The first-order valence-corrected chi connectivity index (χ1v) is 7.14. The second-order valence-electron chi connectivity index (χ2n) is 5.08. The van der Waals surface area contributed by atoms with E-state index in [-0.39, 0.29) is 17.6 Å². The van der Waals surface area contributed by atoms with Crippen LogP contribution in [-0.4, -0.2) is 23.4 Å². The van der Waals surface area contributed by atoms with Crippen LogP contribution in [0.3, 0.4) is 0 Å². The summed E-state index contributed by atoms with van der Waals surface area (Å²) in [6, 6.07) is 6.96. The lowest BCUT2D eigenvalue weighted by Crippen LogP contribution is -2.26. The molecule has 1 unspecified atom stereocenters. The van der Waals surface area contributed by atoms with Gasteiger partial charge in [-0.2, -0.15) is 5.10 Å². The Morgan fingerprint density at radius 3 is 2.76 bits per heavy atom. The lowest BCUT2D eigenvalue weighted by Gasteiger charge is -2.20. The second kappa shape index (κ2) is 6.72. The minimum atomic E-state index is -0.326. The molecule has 1 aromatic carbocycles. The molecule has 0 saturated carbocycles. The van der Waals surface area contributed by atoms with Gasteiger partial charge in [-0.25, -0.2) is 4.39 Å². The highest BCUT2D eigenvalue weighted by molar-refractivity contribution is 5.37. The van der Waals surface area contributed by atoms with E-state index in [0.717, 1.165) is 24.4 Å². The highest BCUT2D eigenvalue weighted by Gasteiger charge is 2.22. The van der Waals surface area contributed by atoms with Crippen molar-refractivity contribution in [3.05, 3.63) is 47.0 Å². The van der Waals surface area contributed by atoms with Crippen LogP contribution in [0.25, 0.3) is 0 Å². The molecule has 21 heavy (non-hydrogen) atoms. The topological polar surface area (TPSA) is 39.1 Å². The Balaban J connectivity index is 2.48. The maximum absolute atomic E-state index is 14.6. The van der Waals surface area contributed by atoms with E-state index in [1.54, 1.807) is 22.9 Å². The zero-order valence-corrected chi connectivity index (χ0v) is 13.0. The first-order valence-electron chi connectivity index (χ1n) is 7.14. The fourth-order valence-electron chi connectivity index (χ4n) is 2.47. The standard InChI is InChI=1S/C16H22FN3O/c1-5-9-18-16(13-10-11(2)19-20(13)3)12-7-6-8-14(21-4)15(12)17/h6-8,10,16,18H,5,9H2,1-4H3. The SMILES string of the molecule is CCCNC(c1cccc(OC)c1F)c1cc(C)nn1C. The molecule has 0 aliphatic heterocycles. The first-order chi connectivity index (χ1) is 10.1. The Labute approximate surface area is 124 Å². The number of nitrogens with one attached hydrogen (secondary N) is 1. The summed E-state index contributed by atoms with van der Waals surface area (Å²) in [6.45, 7) is 4.81. The minimum Gasteiger partial charge on any atom is -0.494 e. The van der Waals surface area contributed by atoms with Crippen molar-refractivity contribution < 1.29 is 9.13 Å². The van der Waals surface area contributed by atoms with Crippen LogP contribution in [0.15, 0.2) is 24.3 Å². The number of aromatic nitrogens is 2. The second-order valence-corrected chi connectivity index (χ2v) is 5.08. The van der Waals surface area contributed by atoms with E-state index in [1.165, 1.54) is 7.11 Å². The van der Waals surface area contributed by atoms with Crippen molar-refractivity contribution in [2.45, 2.75) is 26.3 Å². The molecule has 0 amide bonds. The summed E-state index contributed by atoms with van der Waals surface area (Å²) < 4.78 is 21.5. The maximum atomic E-state index is 14.6. The van der Waals surface area contributed by atoms with E-state index >= 15 is 0 Å². The fourth-order valence-corrected chi connectivity index (χ4v) is 2.47. The number of nitrogens with zero attached hydrogens (tertiary/aromatic N) is 2. The Bertz CT molecular complexity index is 610. The smallest absolute Gasteiger partial charge is 0.170 e. The Morgan fingerprint density at radius 2 is 2.19 bits per heavy atom. The van der Waals surface area contributed by atoms with Gasteiger partial charge < -0.3 is 10.1 Å². The average molecular weight is 291 g/mol. The molecule has 1 aromatic heterocycles. The number of hydrogen-bond donors (Lipinski definition) is 1. The van der Waals surface area contributed by atoms with Gasteiger partial charge in [0.1, 0.15) is 0 Å². The quantitative estimate of drug-likeness (QED) is 0.889. The third-order valence-corrected chi connectivity index (χ3v) is 3.46. The number of benzene rings is 1. The molecule has 2 rings (SSSR count). The predicted molar refractivity (Wildman–Crippen MR) is 81.0 cm³/mol. The molecule has 1 heterocycles. The lowest BCUT2D eigenvalue weighted by molar-refractivity contribution is 0.381. The number of hydrogen-bond acceptors (Lipinski definition) is 3. The molecule has 0 bridgehead atoms. The first kappa shape index (κ1) is 15.5. The fraction of sp³-hybridized carbons (Fsp3) is 0.438. The van der Waals surface area contributed by atoms with Gasteiger partial charge in [0.25, 0.3) is 0 Å². The molecule has 0 spiro atoms. The van der Waals surface area contributed by atoms with Crippen molar-refractivity contribution in [3.63, 3.8) is 0 Å². The van der Waals surface area contributed by atoms with Gasteiger partial charge in [0.05, 0.1) is 24.5 Å². The zero-order valence-electron chi connectivity index (χ0n) is 13.0. The molecule has 0 radical (unpaired) electrons. The summed E-state index contributed by atoms with van der Waals surface area (Å²) in [6.07, 6.45) is 0.971. The van der Waals surface area contributed by atoms with E-state index in [1.807, 2.05) is 20.0 Å². The largest absolute Gasteiger partial charge is 0.494 e. The van der Waals surface area contributed by atoms with Gasteiger partial charge >= 0.3 is 0 Å². The van der Waals surface area contributed by atoms with Crippen LogP contribution in [-0.2, 0) is 7.05 Å². The molecule has 0 aliphatic carbocycles. The molecule has 2 aromatic rings. The summed E-state index contributed by atoms with van der Waals surface area (Å²) in [5.74, 6) is -0.0675. The predicted octanol–water partition coefficient (Wildman–Crippen LogP) is 2.97. The molecule has 0 fully saturated rings. The summed E-state index contributed by atoms with van der Waals surface area (Å²) in [7, 11) is 3.35. The van der Waals surface area contributed by atoms with Crippen molar-refractivity contribution in [3.8, 4) is 5.75 Å². The zero-order chi connectivity index (χ0) is 15.4. The number of methoxy groups -OCH3 is 1. The summed E-state index contributed by atoms with van der Waals surface area (Å²) in [5, 5.41) is 7.75. The molecule has 1 N–H and O–H groups in total. The molecule has 114 valence electrons. The van der Waals surface area contributed by atoms with E-state index in [4.69, 9.17) is 4.74 Å². The molecule has 4 nitrogen and oxygen atoms in total. The molecule has 1 atom stereocenters. The normalized spacial score (nSPS) is 12.4. The average Bonchev–Trinajstić information content (AvgIpc) is 2.80. The van der Waals surface area contributed by atoms with Gasteiger partial charge in [-0.15, -0.1) is 0 Å². The van der Waals surface area contributed by atoms with Crippen LogP contribution < -0.4 is 10.1 Å². The Hall–Kier alpha value is -1.88. The molecular formula is C16H22FN3O. The molecule has 5 heteroatoms. The van der Waals surface area contributed by atoms with Crippen molar-refractivity contribution >= 4 is 0 Å². The van der Waals surface area contributed by atoms with Gasteiger partial charge in [0.2, 0.25) is 0 Å². The van der Waals surface area contributed by atoms with Gasteiger partial charge in [0.15, 0.2) is 11.6 Å². The van der Waals surface area contributed by atoms with Crippen LogP contribution in [0.5, 0.6) is 5.75 Å². The van der Waals surface area contributed by atoms with Gasteiger partial charge in [-0.1, -0.05) is 19.1 Å². The Morgan fingerprint density at radius 1 is 1.43 bits per heavy atom. The monoisotopic (exact) mass is 291 g/mol. The van der Waals surface area contributed by atoms with Crippen LogP contribution in [0.1, 0.15) is 36.3 Å². The molecular weight excluding hydrogens is 269 g/mol. The molecule has 0 saturated heterocycles. The number of halogens is 1. The highest BCUT2D eigenvalue weighted by atomic mass is 19.1. The van der Waals surface area contributed by atoms with Crippen molar-refractivity contribution in [2.75, 3.05) is 13.7 Å². The molecule has 0 aliphatic rings. The minimum absolute atomic E-state index is 0.244. The van der Waals surface area contributed by atoms with Gasteiger partial charge in [-0.05, 0) is 32.0 Å². The number of aryl methyl sites for hydroxylation is 2. The van der Waals surface area contributed by atoms with Crippen molar-refractivity contribution in [1.82, 2.24) is 15.1 Å². The van der Waals surface area contributed by atoms with Gasteiger partial charge in [0, 0.05) is 12.6 Å². The maximum Gasteiger partial charge on any atom is 0.170 e. The van der Waals surface area contributed by atoms with Crippen LogP contribution in [0, 0.1) is 12.7 Å². The third-order valence-electron chi connectivity index (χ3n) is 3.46. The van der Waals surface area contributed by atoms with E-state index in [2.05, 4.69) is 17.3 Å². The van der Waals surface area contributed by atoms with E-state index in [9.17, 15) is 4.39 Å². The number of rotatable bonds is 6. The van der Waals surface area contributed by atoms with Crippen LogP contribution in [0.4, 0.5) is 4.39 Å². The highest BCUT2D eigenvalue weighted by Crippen LogP contribution is 2.29. The van der Waals surface area contributed by atoms with Crippen molar-refractivity contribution in [2.24, 2.45) is 7.05 Å². The Kier molecular flexibility index (Phi) is 4.96.